The van der Waals surface area contributed by atoms with Gasteiger partial charge in [0.25, 0.3) is 0 Å². The smallest absolute Gasteiger partial charge is 0.243 e. The number of sulfonamides is 1. The Morgan fingerprint density at radius 1 is 1.38 bits per heavy atom. The second-order valence-corrected chi connectivity index (χ2v) is 7.94. The zero-order valence-corrected chi connectivity index (χ0v) is 14.0. The van der Waals surface area contributed by atoms with Crippen LogP contribution >= 0.6 is 11.3 Å². The number of nitrogens with two attached hydrogens (primary N) is 1. The summed E-state index contributed by atoms with van der Waals surface area (Å²) in [4.78, 5) is 4.50. The fourth-order valence-corrected chi connectivity index (χ4v) is 3.81. The van der Waals surface area contributed by atoms with E-state index in [0.717, 1.165) is 22.7 Å². The molecule has 0 saturated carbocycles. The standard InChI is InChI=1S/C14H19N3O2S2/c1-4-11-5-6-13(7-14(11)15)21(18,19)17(3)8-12-9-20-10(2)16-12/h5-7,9H,4,8,15H2,1-3H3. The Morgan fingerprint density at radius 3 is 2.62 bits per heavy atom. The topological polar surface area (TPSA) is 76.3 Å². The summed E-state index contributed by atoms with van der Waals surface area (Å²) in [5.74, 6) is 0. The van der Waals surface area contributed by atoms with Crippen molar-refractivity contribution in [3.05, 3.63) is 39.8 Å². The van der Waals surface area contributed by atoms with Gasteiger partial charge in [0.1, 0.15) is 0 Å². The zero-order valence-electron chi connectivity index (χ0n) is 12.3. The molecule has 0 spiro atoms. The highest BCUT2D eigenvalue weighted by molar-refractivity contribution is 7.89. The second kappa shape index (κ2) is 6.13. The second-order valence-electron chi connectivity index (χ2n) is 4.83. The summed E-state index contributed by atoms with van der Waals surface area (Å²) in [7, 11) is -2.01. The van der Waals surface area contributed by atoms with Crippen LogP contribution in [0.2, 0.25) is 0 Å². The third kappa shape index (κ3) is 3.42. The summed E-state index contributed by atoms with van der Waals surface area (Å²) in [6, 6.07) is 4.90. The van der Waals surface area contributed by atoms with E-state index < -0.39 is 10.0 Å². The van der Waals surface area contributed by atoms with Gasteiger partial charge < -0.3 is 5.73 Å². The van der Waals surface area contributed by atoms with Gasteiger partial charge in [-0.25, -0.2) is 13.4 Å². The van der Waals surface area contributed by atoms with Gasteiger partial charge in [-0.1, -0.05) is 13.0 Å². The molecule has 0 saturated heterocycles. The molecule has 0 unspecified atom stereocenters. The predicted molar refractivity (Wildman–Crippen MR) is 85.7 cm³/mol. The summed E-state index contributed by atoms with van der Waals surface area (Å²) < 4.78 is 26.4. The van der Waals surface area contributed by atoms with Crippen LogP contribution in [0, 0.1) is 6.92 Å². The Morgan fingerprint density at radius 2 is 2.10 bits per heavy atom. The van der Waals surface area contributed by atoms with E-state index in [1.807, 2.05) is 19.2 Å². The average molecular weight is 325 g/mol. The molecule has 114 valence electrons. The number of anilines is 1. The van der Waals surface area contributed by atoms with Crippen molar-refractivity contribution < 1.29 is 8.42 Å². The lowest BCUT2D eigenvalue weighted by atomic mass is 10.1. The summed E-state index contributed by atoms with van der Waals surface area (Å²) in [5, 5.41) is 2.79. The first kappa shape index (κ1) is 15.9. The Hall–Kier alpha value is -1.44. The van der Waals surface area contributed by atoms with Crippen LogP contribution in [0.25, 0.3) is 0 Å². The van der Waals surface area contributed by atoms with Gasteiger partial charge >= 0.3 is 0 Å². The molecule has 0 atom stereocenters. The number of benzene rings is 1. The monoisotopic (exact) mass is 325 g/mol. The van der Waals surface area contributed by atoms with E-state index in [-0.39, 0.29) is 11.4 Å². The number of aromatic nitrogens is 1. The normalized spacial score (nSPS) is 12.0. The lowest BCUT2D eigenvalue weighted by Gasteiger charge is -2.17. The molecule has 5 nitrogen and oxygen atoms in total. The van der Waals surface area contributed by atoms with E-state index in [4.69, 9.17) is 5.73 Å². The van der Waals surface area contributed by atoms with Crippen LogP contribution in [-0.2, 0) is 23.0 Å². The molecular weight excluding hydrogens is 306 g/mol. The molecule has 0 aliphatic heterocycles. The highest BCUT2D eigenvalue weighted by atomic mass is 32.2. The van der Waals surface area contributed by atoms with Gasteiger partial charge in [0.2, 0.25) is 10.0 Å². The first-order valence-electron chi connectivity index (χ1n) is 6.60. The maximum Gasteiger partial charge on any atom is 0.243 e. The SMILES string of the molecule is CCc1ccc(S(=O)(=O)N(C)Cc2csc(C)n2)cc1N. The Kier molecular flexibility index (Phi) is 4.65. The minimum Gasteiger partial charge on any atom is -0.398 e. The molecule has 7 heteroatoms. The zero-order chi connectivity index (χ0) is 15.6. The van der Waals surface area contributed by atoms with Crippen LogP contribution in [0.3, 0.4) is 0 Å². The van der Waals surface area contributed by atoms with Crippen molar-refractivity contribution in [2.75, 3.05) is 12.8 Å². The molecule has 0 bridgehead atoms. The molecule has 21 heavy (non-hydrogen) atoms. The average Bonchev–Trinajstić information content (AvgIpc) is 2.83. The molecule has 1 heterocycles. The maximum atomic E-state index is 12.5. The molecule has 0 aliphatic rings. The van der Waals surface area contributed by atoms with Gasteiger partial charge in [0, 0.05) is 18.1 Å². The van der Waals surface area contributed by atoms with Gasteiger partial charge in [-0.2, -0.15) is 4.31 Å². The van der Waals surface area contributed by atoms with E-state index in [2.05, 4.69) is 4.98 Å². The first-order chi connectivity index (χ1) is 9.84. The number of nitrogens with zero attached hydrogens (tertiary/aromatic N) is 2. The highest BCUT2D eigenvalue weighted by Crippen LogP contribution is 2.22. The van der Waals surface area contributed by atoms with E-state index in [1.54, 1.807) is 19.2 Å². The lowest BCUT2D eigenvalue weighted by molar-refractivity contribution is 0.463. The van der Waals surface area contributed by atoms with Gasteiger partial charge in [0.05, 0.1) is 22.1 Å². The van der Waals surface area contributed by atoms with Gasteiger partial charge in [-0.05, 0) is 31.0 Å². The minimum absolute atomic E-state index is 0.214. The fourth-order valence-electron chi connectivity index (χ4n) is 2.03. The molecule has 2 rings (SSSR count). The van der Waals surface area contributed by atoms with Crippen LogP contribution in [-0.4, -0.2) is 24.8 Å². The predicted octanol–water partition coefficient (Wildman–Crippen LogP) is 2.42. The van der Waals surface area contributed by atoms with Crippen LogP contribution < -0.4 is 5.73 Å². The summed E-state index contributed by atoms with van der Waals surface area (Å²) in [6.45, 7) is 4.13. The van der Waals surface area contributed by atoms with E-state index in [0.29, 0.717) is 5.69 Å². The molecule has 0 aliphatic carbocycles. The van der Waals surface area contributed by atoms with Crippen molar-refractivity contribution in [2.45, 2.75) is 31.7 Å². The molecular formula is C14H19N3O2S2. The molecule has 1 aromatic heterocycles. The first-order valence-corrected chi connectivity index (χ1v) is 8.92. The van der Waals surface area contributed by atoms with E-state index in [9.17, 15) is 8.42 Å². The number of hydrogen-bond acceptors (Lipinski definition) is 5. The van der Waals surface area contributed by atoms with Gasteiger partial charge in [-0.15, -0.1) is 11.3 Å². The molecule has 0 amide bonds. The highest BCUT2D eigenvalue weighted by Gasteiger charge is 2.22. The molecule has 0 radical (unpaired) electrons. The van der Waals surface area contributed by atoms with Crippen LogP contribution in [0.15, 0.2) is 28.5 Å². The van der Waals surface area contributed by atoms with Crippen LogP contribution in [0.4, 0.5) is 5.69 Å². The van der Waals surface area contributed by atoms with Crippen LogP contribution in [0.5, 0.6) is 0 Å². The van der Waals surface area contributed by atoms with Crippen molar-refractivity contribution in [1.29, 1.82) is 0 Å². The fraction of sp³-hybridized carbons (Fsp3) is 0.357. The third-order valence-electron chi connectivity index (χ3n) is 3.26. The molecule has 2 aromatic rings. The number of nitrogen functional groups attached to an aromatic ring is 1. The lowest BCUT2D eigenvalue weighted by Crippen LogP contribution is -2.26. The quantitative estimate of drug-likeness (QED) is 0.857. The van der Waals surface area contributed by atoms with Crippen molar-refractivity contribution in [3.8, 4) is 0 Å². The number of aryl methyl sites for hydroxylation is 2. The van der Waals surface area contributed by atoms with Crippen molar-refractivity contribution in [3.63, 3.8) is 0 Å². The summed E-state index contributed by atoms with van der Waals surface area (Å²) in [5.41, 5.74) is 8.10. The van der Waals surface area contributed by atoms with Crippen molar-refractivity contribution >= 4 is 27.0 Å². The van der Waals surface area contributed by atoms with Gasteiger partial charge in [-0.3, -0.25) is 0 Å². The van der Waals surface area contributed by atoms with Crippen molar-refractivity contribution in [1.82, 2.24) is 9.29 Å². The van der Waals surface area contributed by atoms with Crippen LogP contribution in [0.1, 0.15) is 23.2 Å². The van der Waals surface area contributed by atoms with E-state index >= 15 is 0 Å². The van der Waals surface area contributed by atoms with Gasteiger partial charge in [0.15, 0.2) is 0 Å². The minimum atomic E-state index is -3.56. The van der Waals surface area contributed by atoms with Crippen molar-refractivity contribution in [2.24, 2.45) is 0 Å². The summed E-state index contributed by atoms with van der Waals surface area (Å²) in [6.07, 6.45) is 0.778. The summed E-state index contributed by atoms with van der Waals surface area (Å²) >= 11 is 1.51. The Balaban J connectivity index is 2.26. The number of hydrogen-bond donors (Lipinski definition) is 1. The number of rotatable bonds is 5. The molecule has 1 aromatic carbocycles. The molecule has 0 fully saturated rings. The largest absolute Gasteiger partial charge is 0.398 e. The number of thiazole rings is 1. The maximum absolute atomic E-state index is 12.5. The Labute approximate surface area is 129 Å². The Bertz CT molecular complexity index is 738. The molecule has 2 N–H and O–H groups in total. The third-order valence-corrected chi connectivity index (χ3v) is 5.88. The van der Waals surface area contributed by atoms with E-state index in [1.165, 1.54) is 21.7 Å².